The number of amides is 1. The van der Waals surface area contributed by atoms with Crippen molar-refractivity contribution in [2.75, 3.05) is 0 Å². The highest BCUT2D eigenvalue weighted by Crippen LogP contribution is 2.13. The first-order valence-electron chi connectivity index (χ1n) is 5.95. The molecule has 0 aliphatic heterocycles. The largest absolute Gasteiger partial charge is 0.345 e. The van der Waals surface area contributed by atoms with Gasteiger partial charge in [0.1, 0.15) is 0 Å². The number of nitrogens with one attached hydrogen (secondary N) is 1. The number of rotatable bonds is 3. The molecule has 2 rings (SSSR count). The quantitative estimate of drug-likeness (QED) is 0.896. The van der Waals surface area contributed by atoms with E-state index >= 15 is 0 Å². The lowest BCUT2D eigenvalue weighted by Gasteiger charge is -2.14. The van der Waals surface area contributed by atoms with Crippen LogP contribution < -0.4 is 5.32 Å². The van der Waals surface area contributed by atoms with E-state index in [1.165, 1.54) is 0 Å². The van der Waals surface area contributed by atoms with Crippen molar-refractivity contribution in [2.24, 2.45) is 0 Å². The van der Waals surface area contributed by atoms with Crippen molar-refractivity contribution in [3.05, 3.63) is 65.5 Å². The van der Waals surface area contributed by atoms with Gasteiger partial charge in [0.2, 0.25) is 0 Å². The van der Waals surface area contributed by atoms with Crippen LogP contribution in [0.15, 0.2) is 48.8 Å². The van der Waals surface area contributed by atoms with Crippen molar-refractivity contribution in [1.29, 1.82) is 0 Å². The number of hydrogen-bond acceptors (Lipinski definition) is 2. The summed E-state index contributed by atoms with van der Waals surface area (Å²) in [6.07, 6.45) is 3.49. The lowest BCUT2D eigenvalue weighted by molar-refractivity contribution is 0.0939. The second-order valence-electron chi connectivity index (χ2n) is 4.30. The summed E-state index contributed by atoms with van der Waals surface area (Å²) in [6, 6.07) is 11.3. The number of aromatic nitrogens is 1. The summed E-state index contributed by atoms with van der Waals surface area (Å²) in [7, 11) is 0. The maximum Gasteiger partial charge on any atom is 0.252 e. The third-order valence-electron chi connectivity index (χ3n) is 2.92. The fraction of sp³-hybridized carbons (Fsp3) is 0.200. The van der Waals surface area contributed by atoms with Gasteiger partial charge in [-0.05, 0) is 37.1 Å². The molecule has 0 fully saturated rings. The Hall–Kier alpha value is -2.16. The zero-order chi connectivity index (χ0) is 13.0. The second-order valence-corrected chi connectivity index (χ2v) is 4.30. The van der Waals surface area contributed by atoms with Crippen LogP contribution in [0.5, 0.6) is 0 Å². The van der Waals surface area contributed by atoms with E-state index in [0.29, 0.717) is 5.56 Å². The molecule has 1 N–H and O–H groups in total. The Morgan fingerprint density at radius 3 is 2.67 bits per heavy atom. The molecule has 0 aliphatic rings. The molecule has 18 heavy (non-hydrogen) atoms. The zero-order valence-corrected chi connectivity index (χ0v) is 10.6. The molecule has 0 saturated heterocycles. The summed E-state index contributed by atoms with van der Waals surface area (Å²) in [5.74, 6) is -0.0514. The smallest absolute Gasteiger partial charge is 0.252 e. The molecule has 92 valence electrons. The molecule has 1 atom stereocenters. The predicted octanol–water partition coefficient (Wildman–Crippen LogP) is 2.88. The summed E-state index contributed by atoms with van der Waals surface area (Å²) in [5.41, 5.74) is 2.70. The van der Waals surface area contributed by atoms with E-state index in [9.17, 15) is 4.79 Å². The molecule has 2 aromatic rings. The van der Waals surface area contributed by atoms with Crippen LogP contribution in [-0.2, 0) is 0 Å². The number of carbonyl (C=O) groups excluding carboxylic acids is 1. The van der Waals surface area contributed by atoms with Gasteiger partial charge in [0, 0.05) is 18.0 Å². The molecule has 0 aliphatic carbocycles. The van der Waals surface area contributed by atoms with E-state index in [1.54, 1.807) is 12.4 Å². The highest BCUT2D eigenvalue weighted by Gasteiger charge is 2.12. The monoisotopic (exact) mass is 240 g/mol. The average Bonchev–Trinajstić information content (AvgIpc) is 2.40. The highest BCUT2D eigenvalue weighted by molar-refractivity contribution is 5.95. The maximum absolute atomic E-state index is 12.1. The topological polar surface area (TPSA) is 42.0 Å². The van der Waals surface area contributed by atoms with Crippen molar-refractivity contribution in [3.63, 3.8) is 0 Å². The fourth-order valence-corrected chi connectivity index (χ4v) is 1.82. The van der Waals surface area contributed by atoms with Gasteiger partial charge < -0.3 is 5.32 Å². The number of carbonyl (C=O) groups is 1. The molecular weight excluding hydrogens is 224 g/mol. The van der Waals surface area contributed by atoms with Gasteiger partial charge >= 0.3 is 0 Å². The highest BCUT2D eigenvalue weighted by atomic mass is 16.1. The van der Waals surface area contributed by atoms with Crippen LogP contribution in [0, 0.1) is 6.92 Å². The molecule has 1 unspecified atom stereocenters. The van der Waals surface area contributed by atoms with Crippen LogP contribution in [0.1, 0.15) is 34.5 Å². The van der Waals surface area contributed by atoms with Gasteiger partial charge in [-0.3, -0.25) is 9.78 Å². The third kappa shape index (κ3) is 2.74. The SMILES string of the molecule is Cc1ccccc1C(=O)NC(C)c1cccnc1. The molecular formula is C15H16N2O. The van der Waals surface area contributed by atoms with Gasteiger partial charge in [-0.15, -0.1) is 0 Å². The van der Waals surface area contributed by atoms with Gasteiger partial charge in [-0.2, -0.15) is 0 Å². The van der Waals surface area contributed by atoms with Crippen LogP contribution in [0.4, 0.5) is 0 Å². The standard InChI is InChI=1S/C15H16N2O/c1-11-6-3-4-8-14(11)15(18)17-12(2)13-7-5-9-16-10-13/h3-10,12H,1-2H3,(H,17,18). The van der Waals surface area contributed by atoms with Crippen molar-refractivity contribution in [1.82, 2.24) is 10.3 Å². The first-order chi connectivity index (χ1) is 8.68. The van der Waals surface area contributed by atoms with E-state index in [4.69, 9.17) is 0 Å². The summed E-state index contributed by atoms with van der Waals surface area (Å²) < 4.78 is 0. The summed E-state index contributed by atoms with van der Waals surface area (Å²) in [6.45, 7) is 3.89. The Morgan fingerprint density at radius 2 is 2.00 bits per heavy atom. The van der Waals surface area contributed by atoms with Gasteiger partial charge in [0.15, 0.2) is 0 Å². The first kappa shape index (κ1) is 12.3. The first-order valence-corrected chi connectivity index (χ1v) is 5.95. The summed E-state index contributed by atoms with van der Waals surface area (Å²) in [5, 5.41) is 2.97. The van der Waals surface area contributed by atoms with E-state index in [1.807, 2.05) is 50.2 Å². The number of aryl methyl sites for hydroxylation is 1. The van der Waals surface area contributed by atoms with Gasteiger partial charge in [-0.1, -0.05) is 24.3 Å². The lowest BCUT2D eigenvalue weighted by Crippen LogP contribution is -2.27. The molecule has 3 heteroatoms. The second kappa shape index (κ2) is 5.45. The van der Waals surface area contributed by atoms with E-state index in [0.717, 1.165) is 11.1 Å². The maximum atomic E-state index is 12.1. The Labute approximate surface area is 107 Å². The Kier molecular flexibility index (Phi) is 3.72. The Balaban J connectivity index is 2.11. The number of benzene rings is 1. The zero-order valence-electron chi connectivity index (χ0n) is 10.6. The van der Waals surface area contributed by atoms with Crippen molar-refractivity contribution in [2.45, 2.75) is 19.9 Å². The lowest BCUT2D eigenvalue weighted by atomic mass is 10.1. The van der Waals surface area contributed by atoms with Gasteiger partial charge in [-0.25, -0.2) is 0 Å². The van der Waals surface area contributed by atoms with Gasteiger partial charge in [0.25, 0.3) is 5.91 Å². The molecule has 0 radical (unpaired) electrons. The Bertz CT molecular complexity index is 537. The molecule has 0 spiro atoms. The van der Waals surface area contributed by atoms with E-state index < -0.39 is 0 Å². The molecule has 1 amide bonds. The number of pyridine rings is 1. The summed E-state index contributed by atoms with van der Waals surface area (Å²) >= 11 is 0. The number of nitrogens with zero attached hydrogens (tertiary/aromatic N) is 1. The van der Waals surface area contributed by atoms with Crippen molar-refractivity contribution in [3.8, 4) is 0 Å². The van der Waals surface area contributed by atoms with E-state index in [2.05, 4.69) is 10.3 Å². The normalized spacial score (nSPS) is 11.9. The Morgan fingerprint density at radius 1 is 1.22 bits per heavy atom. The van der Waals surface area contributed by atoms with Crippen LogP contribution >= 0.6 is 0 Å². The van der Waals surface area contributed by atoms with Crippen LogP contribution in [0.3, 0.4) is 0 Å². The minimum Gasteiger partial charge on any atom is -0.345 e. The van der Waals surface area contributed by atoms with E-state index in [-0.39, 0.29) is 11.9 Å². The van der Waals surface area contributed by atoms with Crippen molar-refractivity contribution >= 4 is 5.91 Å². The predicted molar refractivity (Wildman–Crippen MR) is 71.3 cm³/mol. The van der Waals surface area contributed by atoms with Crippen molar-refractivity contribution < 1.29 is 4.79 Å². The van der Waals surface area contributed by atoms with Crippen LogP contribution in [-0.4, -0.2) is 10.9 Å². The molecule has 1 heterocycles. The molecule has 3 nitrogen and oxygen atoms in total. The average molecular weight is 240 g/mol. The molecule has 0 saturated carbocycles. The molecule has 1 aromatic carbocycles. The fourth-order valence-electron chi connectivity index (χ4n) is 1.82. The minimum absolute atomic E-state index is 0.0502. The number of hydrogen-bond donors (Lipinski definition) is 1. The third-order valence-corrected chi connectivity index (χ3v) is 2.92. The van der Waals surface area contributed by atoms with Crippen LogP contribution in [0.2, 0.25) is 0 Å². The van der Waals surface area contributed by atoms with Crippen LogP contribution in [0.25, 0.3) is 0 Å². The minimum atomic E-state index is -0.0514. The molecule has 0 bridgehead atoms. The summed E-state index contributed by atoms with van der Waals surface area (Å²) in [4.78, 5) is 16.2. The molecule has 1 aromatic heterocycles. The van der Waals surface area contributed by atoms with Gasteiger partial charge in [0.05, 0.1) is 6.04 Å².